The lowest BCUT2D eigenvalue weighted by atomic mass is 9.87. The van der Waals surface area contributed by atoms with Gasteiger partial charge in [0, 0.05) is 5.92 Å². The number of allylic oxidation sites excluding steroid dienone is 1. The number of nitrogens with two attached hydrogens (primary N) is 4. The molecule has 0 bridgehead atoms. The van der Waals surface area contributed by atoms with E-state index in [1.165, 1.54) is 0 Å². The van der Waals surface area contributed by atoms with Crippen molar-refractivity contribution in [3.63, 3.8) is 0 Å². The van der Waals surface area contributed by atoms with Crippen LogP contribution in [0.4, 0.5) is 0 Å². The minimum absolute atomic E-state index is 0.0477. The first-order valence-corrected chi connectivity index (χ1v) is 10.8. The maximum absolute atomic E-state index is 5.59. The molecule has 0 aromatic rings. The van der Waals surface area contributed by atoms with Crippen LogP contribution in [0.15, 0.2) is 24.0 Å². The monoisotopic (exact) mass is 328 g/mol. The van der Waals surface area contributed by atoms with E-state index in [2.05, 4.69) is 0 Å². The van der Waals surface area contributed by atoms with Crippen LogP contribution in [-0.4, -0.2) is 5.60 Å². The third-order valence-corrected chi connectivity index (χ3v) is 4.11. The smallest absolute Gasteiger partial charge is 0.242 e. The summed E-state index contributed by atoms with van der Waals surface area (Å²) >= 11 is 9.75. The van der Waals surface area contributed by atoms with E-state index in [9.17, 15) is 0 Å². The van der Waals surface area contributed by atoms with Gasteiger partial charge in [-0.25, -0.2) is 0 Å². The molecular formula is C8H18N4O2P2S2. The first-order chi connectivity index (χ1) is 7.91. The largest absolute Gasteiger partial charge is 0.442 e. The van der Waals surface area contributed by atoms with Crippen molar-refractivity contribution in [1.82, 2.24) is 0 Å². The van der Waals surface area contributed by atoms with E-state index in [0.29, 0.717) is 5.76 Å². The van der Waals surface area contributed by atoms with Crippen LogP contribution in [0.25, 0.3) is 0 Å². The molecule has 18 heavy (non-hydrogen) atoms. The molecule has 1 aliphatic carbocycles. The van der Waals surface area contributed by atoms with Crippen LogP contribution in [-0.2, 0) is 32.7 Å². The fourth-order valence-corrected chi connectivity index (χ4v) is 3.55. The molecule has 0 aromatic carbocycles. The predicted octanol–water partition coefficient (Wildman–Crippen LogP) is 1.15. The molecular weight excluding hydrogens is 310 g/mol. The highest BCUT2D eigenvalue weighted by molar-refractivity contribution is 8.10. The van der Waals surface area contributed by atoms with E-state index in [0.717, 1.165) is 0 Å². The summed E-state index contributed by atoms with van der Waals surface area (Å²) in [6.45, 7) is -1.71. The lowest BCUT2D eigenvalue weighted by Crippen LogP contribution is -2.36. The third-order valence-electron chi connectivity index (χ3n) is 2.48. The molecule has 0 amide bonds. The summed E-state index contributed by atoms with van der Waals surface area (Å²) in [6, 6.07) is 0. The summed E-state index contributed by atoms with van der Waals surface area (Å²) in [6.07, 6.45) is 5.27. The van der Waals surface area contributed by atoms with Gasteiger partial charge in [-0.3, -0.25) is 22.0 Å². The van der Waals surface area contributed by atoms with Gasteiger partial charge in [0.25, 0.3) is 0 Å². The van der Waals surface area contributed by atoms with Crippen LogP contribution in [0.2, 0.25) is 0 Å². The number of rotatable bonds is 4. The van der Waals surface area contributed by atoms with Crippen molar-refractivity contribution in [3.8, 4) is 0 Å². The topological polar surface area (TPSA) is 123 Å². The van der Waals surface area contributed by atoms with Gasteiger partial charge in [0.1, 0.15) is 5.76 Å². The maximum Gasteiger partial charge on any atom is 0.242 e. The predicted molar refractivity (Wildman–Crippen MR) is 82.3 cm³/mol. The fraction of sp³-hybridized carbons (Fsp3) is 0.500. The highest BCUT2D eigenvalue weighted by Crippen LogP contribution is 2.43. The van der Waals surface area contributed by atoms with Gasteiger partial charge in [0.15, 0.2) is 6.57 Å². The highest BCUT2D eigenvalue weighted by atomic mass is 32.5. The van der Waals surface area contributed by atoms with E-state index in [1.807, 2.05) is 19.9 Å². The van der Waals surface area contributed by atoms with Crippen molar-refractivity contribution in [3.05, 3.63) is 24.0 Å². The molecule has 0 saturated carbocycles. The minimum Gasteiger partial charge on any atom is -0.442 e. The van der Waals surface area contributed by atoms with E-state index in [4.69, 9.17) is 54.7 Å². The van der Waals surface area contributed by atoms with Crippen molar-refractivity contribution in [2.75, 3.05) is 0 Å². The Balaban J connectivity index is 2.87. The summed E-state index contributed by atoms with van der Waals surface area (Å²) in [4.78, 5) is 0. The Kier molecular flexibility index (Phi) is 4.93. The van der Waals surface area contributed by atoms with Crippen LogP contribution in [0.1, 0.15) is 13.8 Å². The van der Waals surface area contributed by atoms with Gasteiger partial charge in [0.2, 0.25) is 6.57 Å². The Bertz CT molecular complexity index is 483. The summed E-state index contributed by atoms with van der Waals surface area (Å²) in [5.74, 6) is 0.479. The van der Waals surface area contributed by atoms with Crippen molar-refractivity contribution in [1.29, 1.82) is 0 Å². The second-order valence-corrected chi connectivity index (χ2v) is 10.7. The van der Waals surface area contributed by atoms with Crippen molar-refractivity contribution in [2.24, 2.45) is 27.9 Å². The molecule has 1 aliphatic rings. The molecule has 2 atom stereocenters. The zero-order chi connectivity index (χ0) is 14.2. The lowest BCUT2D eigenvalue weighted by Gasteiger charge is -2.36. The van der Waals surface area contributed by atoms with Gasteiger partial charge in [-0.2, -0.15) is 0 Å². The normalized spacial score (nSPS) is 29.0. The molecule has 10 heteroatoms. The number of hydrogen-bond donors (Lipinski definition) is 4. The van der Waals surface area contributed by atoms with Gasteiger partial charge >= 0.3 is 0 Å². The minimum atomic E-state index is -2.75. The summed E-state index contributed by atoms with van der Waals surface area (Å²) in [5, 5.41) is 0. The Labute approximate surface area is 117 Å². The van der Waals surface area contributed by atoms with Gasteiger partial charge < -0.3 is 9.05 Å². The second kappa shape index (κ2) is 5.40. The molecule has 0 radical (unpaired) electrons. The molecule has 0 aliphatic heterocycles. The molecule has 0 aromatic heterocycles. The summed E-state index contributed by atoms with van der Waals surface area (Å²) < 4.78 is 10.9. The standard InChI is InChI=1S/C8H18N4O2P2S2/c1-6-5-7(13-15(9,10)17)3-4-8(6,2)14-16(11,12)18/h3-6H,1-2H3,(H4,9,10,17)(H4,11,12,18). The van der Waals surface area contributed by atoms with Crippen molar-refractivity contribution in [2.45, 2.75) is 19.4 Å². The fourth-order valence-electron chi connectivity index (χ4n) is 1.51. The van der Waals surface area contributed by atoms with E-state index >= 15 is 0 Å². The lowest BCUT2D eigenvalue weighted by molar-refractivity contribution is 0.113. The number of hydrogen-bond acceptors (Lipinski definition) is 4. The van der Waals surface area contributed by atoms with E-state index in [1.54, 1.807) is 12.2 Å². The first kappa shape index (κ1) is 16.4. The molecule has 0 fully saturated rings. The quantitative estimate of drug-likeness (QED) is 0.567. The van der Waals surface area contributed by atoms with Crippen LogP contribution >= 0.6 is 13.1 Å². The highest BCUT2D eigenvalue weighted by Gasteiger charge is 2.34. The maximum atomic E-state index is 5.59. The Morgan fingerprint density at radius 3 is 2.17 bits per heavy atom. The Morgan fingerprint density at radius 2 is 1.78 bits per heavy atom. The van der Waals surface area contributed by atoms with Gasteiger partial charge in [0.05, 0.1) is 5.60 Å². The van der Waals surface area contributed by atoms with E-state index < -0.39 is 18.7 Å². The molecule has 0 saturated heterocycles. The van der Waals surface area contributed by atoms with Gasteiger partial charge in [-0.05, 0) is 48.8 Å². The Morgan fingerprint density at radius 1 is 1.22 bits per heavy atom. The van der Waals surface area contributed by atoms with Crippen molar-refractivity contribution >= 4 is 36.7 Å². The van der Waals surface area contributed by atoms with Crippen LogP contribution in [0, 0.1) is 5.92 Å². The van der Waals surface area contributed by atoms with Crippen LogP contribution in [0.3, 0.4) is 0 Å². The molecule has 0 spiro atoms. The molecule has 0 heterocycles. The Hall–Kier alpha value is 0.380. The zero-order valence-corrected chi connectivity index (χ0v) is 13.6. The second-order valence-electron chi connectivity index (χ2n) is 4.35. The first-order valence-electron chi connectivity index (χ1n) is 5.07. The van der Waals surface area contributed by atoms with Crippen LogP contribution in [0.5, 0.6) is 0 Å². The molecule has 2 unspecified atom stereocenters. The third kappa shape index (κ3) is 5.17. The van der Waals surface area contributed by atoms with Gasteiger partial charge in [-0.1, -0.05) is 6.92 Å². The SMILES string of the molecule is CC1C=C(OP(N)(N)=S)C=CC1(C)OP(N)(N)=S. The average Bonchev–Trinajstić information content (AvgIpc) is 2.06. The molecule has 8 N–H and O–H groups in total. The molecule has 6 nitrogen and oxygen atoms in total. The van der Waals surface area contributed by atoms with Crippen molar-refractivity contribution < 1.29 is 9.05 Å². The average molecular weight is 328 g/mol. The van der Waals surface area contributed by atoms with Gasteiger partial charge in [-0.15, -0.1) is 0 Å². The summed E-state index contributed by atoms with van der Waals surface area (Å²) in [5.41, 5.74) is 21.5. The summed E-state index contributed by atoms with van der Waals surface area (Å²) in [7, 11) is 0. The molecule has 1 rings (SSSR count). The molecule has 104 valence electrons. The van der Waals surface area contributed by atoms with E-state index in [-0.39, 0.29) is 5.92 Å². The van der Waals surface area contributed by atoms with Crippen LogP contribution < -0.4 is 22.0 Å². The zero-order valence-electron chi connectivity index (χ0n) is 10.1.